The molecule has 0 spiro atoms. The lowest BCUT2D eigenvalue weighted by Gasteiger charge is -2.46. The number of benzene rings is 1. The zero-order valence-electron chi connectivity index (χ0n) is 17.7. The highest BCUT2D eigenvalue weighted by Crippen LogP contribution is 2.47. The molecule has 0 amide bonds. The maximum atomic E-state index is 12.6. The van der Waals surface area contributed by atoms with Crippen LogP contribution in [0.5, 0.6) is 5.75 Å². The normalized spacial score (nSPS) is 24.3. The fourth-order valence-corrected chi connectivity index (χ4v) is 6.10. The van der Waals surface area contributed by atoms with Gasteiger partial charge in [-0.05, 0) is 47.3 Å². The number of ether oxygens (including phenoxy) is 3. The van der Waals surface area contributed by atoms with E-state index >= 15 is 0 Å². The molecule has 2 aromatic rings. The Kier molecular flexibility index (Phi) is 6.57. The van der Waals surface area contributed by atoms with Crippen LogP contribution in [0.25, 0.3) is 10.9 Å². The molecule has 2 aliphatic rings. The molecule has 30 heavy (non-hydrogen) atoms. The number of piperidine rings is 1. The van der Waals surface area contributed by atoms with Crippen LogP contribution in [0, 0.1) is 11.8 Å². The molecule has 162 valence electrons. The molecule has 1 unspecified atom stereocenters. The lowest BCUT2D eigenvalue weighted by atomic mass is 9.74. The molecule has 0 bridgehead atoms. The highest BCUT2D eigenvalue weighted by molar-refractivity contribution is 14.1. The van der Waals surface area contributed by atoms with Gasteiger partial charge in [0, 0.05) is 35.6 Å². The molecule has 2 aliphatic heterocycles. The van der Waals surface area contributed by atoms with Crippen LogP contribution in [0.4, 0.5) is 0 Å². The summed E-state index contributed by atoms with van der Waals surface area (Å²) in [5.41, 5.74) is 4.38. The van der Waals surface area contributed by atoms with Gasteiger partial charge in [0.2, 0.25) is 0 Å². The SMILES string of the molecule is CO/C=C(/C(=O)OC)[C@H]1CC2c3[nH]c4cccc(OC)c4c3CCN2C[C@H]1CCI. The summed E-state index contributed by atoms with van der Waals surface area (Å²) in [5.74, 6) is 1.14. The molecule has 4 rings (SSSR count). The standard InChI is InChI=1S/C23H29IN2O4/c1-28-13-17(23(27)30-3)16-11-19-22-15(8-10-26(19)12-14(16)7-9-24)21-18(25-22)5-4-6-20(21)29-2/h4-6,13-14,16,19,25H,7-12H2,1-3H3/b17-13+/t14-,16+,19?/m1/s1. The molecular weight excluding hydrogens is 495 g/mol. The summed E-state index contributed by atoms with van der Waals surface area (Å²) in [6.07, 6.45) is 4.53. The molecule has 1 N–H and O–H groups in total. The molecule has 0 saturated carbocycles. The average molecular weight is 524 g/mol. The minimum Gasteiger partial charge on any atom is -0.504 e. The largest absolute Gasteiger partial charge is 0.504 e. The number of halogens is 1. The van der Waals surface area contributed by atoms with Gasteiger partial charge in [0.25, 0.3) is 0 Å². The number of hydrogen-bond donors (Lipinski definition) is 1. The van der Waals surface area contributed by atoms with Crippen molar-refractivity contribution in [3.8, 4) is 5.75 Å². The van der Waals surface area contributed by atoms with Crippen LogP contribution in [0.3, 0.4) is 0 Å². The number of H-pyrrole nitrogens is 1. The maximum Gasteiger partial charge on any atom is 0.337 e. The van der Waals surface area contributed by atoms with E-state index in [-0.39, 0.29) is 17.9 Å². The smallest absolute Gasteiger partial charge is 0.337 e. The molecular formula is C23H29IN2O4. The number of aromatic amines is 1. The predicted octanol–water partition coefficient (Wildman–Crippen LogP) is 4.24. The van der Waals surface area contributed by atoms with Crippen LogP contribution in [0.1, 0.15) is 30.1 Å². The van der Waals surface area contributed by atoms with Gasteiger partial charge in [-0.25, -0.2) is 4.79 Å². The van der Waals surface area contributed by atoms with Crippen molar-refractivity contribution < 1.29 is 19.0 Å². The number of carbonyl (C=O) groups is 1. The second-order valence-corrected chi connectivity index (χ2v) is 9.12. The number of esters is 1. The molecule has 0 radical (unpaired) electrons. The zero-order valence-corrected chi connectivity index (χ0v) is 19.9. The lowest BCUT2D eigenvalue weighted by Crippen LogP contribution is -2.47. The number of nitrogens with one attached hydrogen (secondary N) is 1. The number of fused-ring (bicyclic) bond motifs is 5. The summed E-state index contributed by atoms with van der Waals surface area (Å²) in [4.78, 5) is 18.8. The lowest BCUT2D eigenvalue weighted by molar-refractivity contribution is -0.137. The van der Waals surface area contributed by atoms with Crippen molar-refractivity contribution >= 4 is 39.5 Å². The number of alkyl halides is 1. The fourth-order valence-electron chi connectivity index (χ4n) is 5.30. The van der Waals surface area contributed by atoms with Crippen molar-refractivity contribution in [3.05, 3.63) is 41.3 Å². The monoisotopic (exact) mass is 524 g/mol. The highest BCUT2D eigenvalue weighted by Gasteiger charge is 2.43. The van der Waals surface area contributed by atoms with Crippen molar-refractivity contribution in [1.82, 2.24) is 9.88 Å². The Morgan fingerprint density at radius 1 is 1.33 bits per heavy atom. The molecule has 6 nitrogen and oxygen atoms in total. The van der Waals surface area contributed by atoms with E-state index in [2.05, 4.69) is 38.5 Å². The Bertz CT molecular complexity index is 954. The summed E-state index contributed by atoms with van der Waals surface area (Å²) in [6.45, 7) is 2.00. The third-order valence-corrected chi connectivity index (χ3v) is 7.25. The Balaban J connectivity index is 1.75. The summed E-state index contributed by atoms with van der Waals surface area (Å²) in [6, 6.07) is 6.41. The maximum absolute atomic E-state index is 12.6. The third-order valence-electron chi connectivity index (χ3n) is 6.63. The predicted molar refractivity (Wildman–Crippen MR) is 125 cm³/mol. The molecule has 0 aliphatic carbocycles. The number of rotatable bonds is 6. The third kappa shape index (κ3) is 3.70. The van der Waals surface area contributed by atoms with Gasteiger partial charge in [-0.3, -0.25) is 4.90 Å². The minimum atomic E-state index is -0.289. The van der Waals surface area contributed by atoms with Crippen LogP contribution in [-0.2, 0) is 20.7 Å². The number of methoxy groups -OCH3 is 3. The van der Waals surface area contributed by atoms with Gasteiger partial charge in [-0.1, -0.05) is 28.7 Å². The van der Waals surface area contributed by atoms with Gasteiger partial charge in [-0.2, -0.15) is 0 Å². The summed E-state index contributed by atoms with van der Waals surface area (Å²) in [5, 5.41) is 1.20. The molecule has 1 fully saturated rings. The Labute approximate surface area is 191 Å². The molecule has 1 aromatic carbocycles. The van der Waals surface area contributed by atoms with E-state index in [1.807, 2.05) is 12.1 Å². The minimum absolute atomic E-state index is 0.104. The van der Waals surface area contributed by atoms with Gasteiger partial charge in [-0.15, -0.1) is 0 Å². The van der Waals surface area contributed by atoms with Gasteiger partial charge < -0.3 is 19.2 Å². The van der Waals surface area contributed by atoms with Crippen LogP contribution >= 0.6 is 22.6 Å². The zero-order chi connectivity index (χ0) is 21.3. The van der Waals surface area contributed by atoms with Crippen LogP contribution in [0.2, 0.25) is 0 Å². The summed E-state index contributed by atoms with van der Waals surface area (Å²) in [7, 11) is 4.76. The van der Waals surface area contributed by atoms with E-state index in [1.54, 1.807) is 20.5 Å². The van der Waals surface area contributed by atoms with Gasteiger partial charge in [0.1, 0.15) is 5.75 Å². The van der Waals surface area contributed by atoms with Crippen molar-refractivity contribution in [2.24, 2.45) is 11.8 Å². The van der Waals surface area contributed by atoms with Crippen molar-refractivity contribution in [2.45, 2.75) is 25.3 Å². The number of hydrogen-bond acceptors (Lipinski definition) is 5. The summed E-state index contributed by atoms with van der Waals surface area (Å²) >= 11 is 2.43. The van der Waals surface area contributed by atoms with Crippen molar-refractivity contribution in [1.29, 1.82) is 0 Å². The number of carbonyl (C=O) groups excluding carboxylic acids is 1. The van der Waals surface area contributed by atoms with E-state index < -0.39 is 0 Å². The van der Waals surface area contributed by atoms with Gasteiger partial charge in [0.05, 0.1) is 39.2 Å². The molecule has 1 saturated heterocycles. The van der Waals surface area contributed by atoms with Gasteiger partial charge in [0.15, 0.2) is 0 Å². The fraction of sp³-hybridized carbons (Fsp3) is 0.522. The van der Waals surface area contributed by atoms with Crippen LogP contribution in [0.15, 0.2) is 30.0 Å². The Morgan fingerprint density at radius 2 is 2.17 bits per heavy atom. The second kappa shape index (κ2) is 9.18. The molecule has 1 aromatic heterocycles. The summed E-state index contributed by atoms with van der Waals surface area (Å²) < 4.78 is 17.1. The van der Waals surface area contributed by atoms with Crippen molar-refractivity contribution in [2.75, 3.05) is 38.8 Å². The Morgan fingerprint density at radius 3 is 2.87 bits per heavy atom. The number of nitrogens with zero attached hydrogens (tertiary/aromatic N) is 1. The molecule has 7 heteroatoms. The second-order valence-electron chi connectivity index (χ2n) is 8.04. The first-order valence-corrected chi connectivity index (χ1v) is 11.9. The number of aromatic nitrogens is 1. The Hall–Kier alpha value is -1.74. The molecule has 3 heterocycles. The quantitative estimate of drug-likeness (QED) is 0.202. The first-order chi connectivity index (χ1) is 14.6. The van der Waals surface area contributed by atoms with E-state index in [0.29, 0.717) is 11.5 Å². The first kappa shape index (κ1) is 21.5. The average Bonchev–Trinajstić information content (AvgIpc) is 3.16. The van der Waals surface area contributed by atoms with E-state index in [0.717, 1.165) is 48.0 Å². The first-order valence-electron chi connectivity index (χ1n) is 10.4. The van der Waals surface area contributed by atoms with E-state index in [4.69, 9.17) is 14.2 Å². The molecule has 3 atom stereocenters. The van der Waals surface area contributed by atoms with E-state index in [9.17, 15) is 4.79 Å². The van der Waals surface area contributed by atoms with Crippen LogP contribution < -0.4 is 4.74 Å². The highest BCUT2D eigenvalue weighted by atomic mass is 127. The van der Waals surface area contributed by atoms with E-state index in [1.165, 1.54) is 23.8 Å². The van der Waals surface area contributed by atoms with Crippen molar-refractivity contribution in [3.63, 3.8) is 0 Å². The van der Waals surface area contributed by atoms with Crippen LogP contribution in [-0.4, -0.2) is 54.7 Å². The van der Waals surface area contributed by atoms with Gasteiger partial charge >= 0.3 is 5.97 Å². The topological polar surface area (TPSA) is 63.8 Å².